The van der Waals surface area contributed by atoms with E-state index in [2.05, 4.69) is 4.98 Å². The molecule has 108 valence electrons. The van der Waals surface area contributed by atoms with Crippen molar-refractivity contribution in [3.8, 4) is 0 Å². The van der Waals surface area contributed by atoms with Crippen molar-refractivity contribution in [3.63, 3.8) is 0 Å². The van der Waals surface area contributed by atoms with E-state index in [9.17, 15) is 15.0 Å². The quantitative estimate of drug-likeness (QED) is 0.906. The van der Waals surface area contributed by atoms with Crippen LogP contribution in [0.1, 0.15) is 22.7 Å². The number of benzene rings is 1. The zero-order valence-corrected chi connectivity index (χ0v) is 11.4. The van der Waals surface area contributed by atoms with Crippen molar-refractivity contribution in [2.45, 2.75) is 25.1 Å². The number of hydrogen-bond donors (Lipinski definition) is 2. The van der Waals surface area contributed by atoms with Gasteiger partial charge in [0.2, 0.25) is 0 Å². The lowest BCUT2D eigenvalue weighted by Crippen LogP contribution is -2.37. The number of fused-ring (bicyclic) bond motifs is 1. The van der Waals surface area contributed by atoms with Gasteiger partial charge in [-0.25, -0.2) is 4.79 Å². The molecule has 0 spiro atoms. The first-order valence-corrected chi connectivity index (χ1v) is 6.81. The molecule has 1 heterocycles. The molecule has 2 aromatic rings. The zero-order valence-electron chi connectivity index (χ0n) is 11.4. The second-order valence-corrected chi connectivity index (χ2v) is 5.18. The molecular formula is C16H16N2O3. The molecule has 0 aliphatic heterocycles. The van der Waals surface area contributed by atoms with Crippen LogP contribution in [-0.4, -0.2) is 32.3 Å². The second kappa shape index (κ2) is 5.54. The van der Waals surface area contributed by atoms with Crippen LogP contribution < -0.4 is 0 Å². The number of aliphatic hydroxyl groups is 1. The fourth-order valence-corrected chi connectivity index (χ4v) is 2.90. The third-order valence-corrected chi connectivity index (χ3v) is 3.85. The SMILES string of the molecule is O=C(O)N(Cc1ccncc1)[C@@H]1c2ccccc2C[C@@H]1O. The highest BCUT2D eigenvalue weighted by Crippen LogP contribution is 2.36. The van der Waals surface area contributed by atoms with Crippen molar-refractivity contribution in [1.29, 1.82) is 0 Å². The Kier molecular flexibility index (Phi) is 3.58. The lowest BCUT2D eigenvalue weighted by Gasteiger charge is -2.29. The minimum absolute atomic E-state index is 0.230. The Morgan fingerprint density at radius 3 is 2.67 bits per heavy atom. The summed E-state index contributed by atoms with van der Waals surface area (Å²) >= 11 is 0. The van der Waals surface area contributed by atoms with Crippen LogP contribution in [0.3, 0.4) is 0 Å². The number of carboxylic acid groups (broad SMARTS) is 1. The number of aliphatic hydroxyl groups excluding tert-OH is 1. The molecule has 0 radical (unpaired) electrons. The van der Waals surface area contributed by atoms with E-state index in [0.29, 0.717) is 6.42 Å². The van der Waals surface area contributed by atoms with Gasteiger partial charge in [0.1, 0.15) is 0 Å². The summed E-state index contributed by atoms with van der Waals surface area (Å²) in [5, 5.41) is 19.8. The lowest BCUT2D eigenvalue weighted by molar-refractivity contribution is 0.0538. The van der Waals surface area contributed by atoms with Crippen molar-refractivity contribution in [3.05, 3.63) is 65.5 Å². The normalized spacial score (nSPS) is 20.0. The Bertz CT molecular complexity index is 645. The van der Waals surface area contributed by atoms with Gasteiger partial charge < -0.3 is 10.2 Å². The number of nitrogens with zero attached hydrogens (tertiary/aromatic N) is 2. The summed E-state index contributed by atoms with van der Waals surface area (Å²) in [6, 6.07) is 10.6. The maximum Gasteiger partial charge on any atom is 0.408 e. The monoisotopic (exact) mass is 284 g/mol. The summed E-state index contributed by atoms with van der Waals surface area (Å²) in [4.78, 5) is 16.9. The number of hydrogen-bond acceptors (Lipinski definition) is 3. The van der Waals surface area contributed by atoms with Crippen molar-refractivity contribution in [1.82, 2.24) is 9.88 Å². The molecule has 21 heavy (non-hydrogen) atoms. The summed E-state index contributed by atoms with van der Waals surface area (Å²) < 4.78 is 0. The molecule has 0 saturated heterocycles. The van der Waals surface area contributed by atoms with E-state index in [4.69, 9.17) is 0 Å². The molecule has 1 aliphatic carbocycles. The van der Waals surface area contributed by atoms with Crippen molar-refractivity contribution in [2.75, 3.05) is 0 Å². The highest BCUT2D eigenvalue weighted by Gasteiger charge is 2.37. The van der Waals surface area contributed by atoms with Gasteiger partial charge in [0.25, 0.3) is 0 Å². The first-order valence-electron chi connectivity index (χ1n) is 6.81. The highest BCUT2D eigenvalue weighted by atomic mass is 16.4. The number of aromatic nitrogens is 1. The topological polar surface area (TPSA) is 73.7 Å². The van der Waals surface area contributed by atoms with Gasteiger partial charge >= 0.3 is 6.09 Å². The Balaban J connectivity index is 1.93. The average molecular weight is 284 g/mol. The number of pyridine rings is 1. The smallest absolute Gasteiger partial charge is 0.408 e. The molecule has 5 heteroatoms. The van der Waals surface area contributed by atoms with Crippen LogP contribution in [0.15, 0.2) is 48.8 Å². The van der Waals surface area contributed by atoms with E-state index in [1.165, 1.54) is 4.90 Å². The first-order chi connectivity index (χ1) is 10.2. The van der Waals surface area contributed by atoms with E-state index in [1.807, 2.05) is 24.3 Å². The van der Waals surface area contributed by atoms with Gasteiger partial charge in [-0.2, -0.15) is 0 Å². The third-order valence-electron chi connectivity index (χ3n) is 3.85. The predicted molar refractivity (Wildman–Crippen MR) is 76.7 cm³/mol. The molecule has 1 aliphatic rings. The summed E-state index contributed by atoms with van der Waals surface area (Å²) in [6.07, 6.45) is 2.01. The minimum atomic E-state index is -1.03. The van der Waals surface area contributed by atoms with Crippen LogP contribution in [0.5, 0.6) is 0 Å². The van der Waals surface area contributed by atoms with E-state index in [0.717, 1.165) is 16.7 Å². The van der Waals surface area contributed by atoms with Gasteiger partial charge in [0, 0.05) is 25.4 Å². The largest absolute Gasteiger partial charge is 0.465 e. The molecule has 0 fully saturated rings. The average Bonchev–Trinajstić information content (AvgIpc) is 2.81. The van der Waals surface area contributed by atoms with Crippen LogP contribution in [0.4, 0.5) is 4.79 Å². The molecule has 0 bridgehead atoms. The van der Waals surface area contributed by atoms with Gasteiger partial charge in [0.15, 0.2) is 0 Å². The van der Waals surface area contributed by atoms with Crippen LogP contribution >= 0.6 is 0 Å². The highest BCUT2D eigenvalue weighted by molar-refractivity contribution is 5.66. The predicted octanol–water partition coefficient (Wildman–Crippen LogP) is 2.22. The first kappa shape index (κ1) is 13.6. The lowest BCUT2D eigenvalue weighted by atomic mass is 10.1. The number of carbonyl (C=O) groups is 1. The maximum absolute atomic E-state index is 11.6. The van der Waals surface area contributed by atoms with Crippen LogP contribution in [0, 0.1) is 0 Å². The van der Waals surface area contributed by atoms with E-state index in [-0.39, 0.29) is 6.54 Å². The van der Waals surface area contributed by atoms with Gasteiger partial charge in [-0.1, -0.05) is 24.3 Å². The third kappa shape index (κ3) is 2.60. The molecule has 1 amide bonds. The molecule has 2 atom stereocenters. The molecule has 0 saturated carbocycles. The summed E-state index contributed by atoms with van der Waals surface area (Å²) in [5.74, 6) is 0. The zero-order chi connectivity index (χ0) is 14.8. The Labute approximate surface area is 122 Å². The fourth-order valence-electron chi connectivity index (χ4n) is 2.90. The van der Waals surface area contributed by atoms with Gasteiger partial charge in [-0.3, -0.25) is 9.88 Å². The van der Waals surface area contributed by atoms with E-state index >= 15 is 0 Å². The number of rotatable bonds is 3. The van der Waals surface area contributed by atoms with Gasteiger partial charge in [-0.05, 0) is 28.8 Å². The molecule has 2 N–H and O–H groups in total. The van der Waals surface area contributed by atoms with E-state index < -0.39 is 18.2 Å². The second-order valence-electron chi connectivity index (χ2n) is 5.18. The number of amides is 1. The molecule has 1 aromatic carbocycles. The van der Waals surface area contributed by atoms with Gasteiger partial charge in [-0.15, -0.1) is 0 Å². The van der Waals surface area contributed by atoms with Crippen LogP contribution in [0.2, 0.25) is 0 Å². The Morgan fingerprint density at radius 2 is 1.95 bits per heavy atom. The van der Waals surface area contributed by atoms with E-state index in [1.54, 1.807) is 24.5 Å². The summed E-state index contributed by atoms with van der Waals surface area (Å²) in [7, 11) is 0. The molecule has 3 rings (SSSR count). The molecular weight excluding hydrogens is 268 g/mol. The van der Waals surface area contributed by atoms with Crippen LogP contribution in [-0.2, 0) is 13.0 Å². The Hall–Kier alpha value is -2.40. The van der Waals surface area contributed by atoms with Crippen molar-refractivity contribution < 1.29 is 15.0 Å². The van der Waals surface area contributed by atoms with Crippen molar-refractivity contribution in [2.24, 2.45) is 0 Å². The molecule has 1 aromatic heterocycles. The van der Waals surface area contributed by atoms with Crippen LogP contribution in [0.25, 0.3) is 0 Å². The summed E-state index contributed by atoms with van der Waals surface area (Å²) in [5.41, 5.74) is 2.75. The maximum atomic E-state index is 11.6. The standard InChI is InChI=1S/C16H16N2O3/c19-14-9-12-3-1-2-4-13(12)15(14)18(16(20)21)10-11-5-7-17-8-6-11/h1-8,14-15,19H,9-10H2,(H,20,21)/t14-,15+/m0/s1. The minimum Gasteiger partial charge on any atom is -0.465 e. The Morgan fingerprint density at radius 1 is 1.24 bits per heavy atom. The van der Waals surface area contributed by atoms with Gasteiger partial charge in [0.05, 0.1) is 12.1 Å². The fraction of sp³-hybridized carbons (Fsp3) is 0.250. The summed E-state index contributed by atoms with van der Waals surface area (Å²) in [6.45, 7) is 0.230. The molecule has 0 unspecified atom stereocenters. The molecule has 5 nitrogen and oxygen atoms in total. The van der Waals surface area contributed by atoms with Crippen molar-refractivity contribution >= 4 is 6.09 Å².